The number of hydrogen-bond acceptors (Lipinski definition) is 5. The summed E-state index contributed by atoms with van der Waals surface area (Å²) >= 11 is 0. The predicted octanol–water partition coefficient (Wildman–Crippen LogP) is 3.30. The van der Waals surface area contributed by atoms with Crippen LogP contribution in [0.1, 0.15) is 29.4 Å². The molecule has 0 radical (unpaired) electrons. The molecule has 0 aliphatic carbocycles. The van der Waals surface area contributed by atoms with E-state index < -0.39 is 0 Å². The van der Waals surface area contributed by atoms with Crippen LogP contribution >= 0.6 is 0 Å². The van der Waals surface area contributed by atoms with Crippen molar-refractivity contribution in [3.05, 3.63) is 72.5 Å². The van der Waals surface area contributed by atoms with E-state index in [1.165, 1.54) is 0 Å². The Balaban J connectivity index is 1.74. The molecule has 5 heteroatoms. The van der Waals surface area contributed by atoms with Gasteiger partial charge in [-0.3, -0.25) is 4.99 Å². The summed E-state index contributed by atoms with van der Waals surface area (Å²) in [5.74, 6) is 3.02. The summed E-state index contributed by atoms with van der Waals surface area (Å²) in [4.78, 5) is 4.67. The molecule has 5 nitrogen and oxygen atoms in total. The number of rotatable bonds is 3. The maximum Gasteiger partial charge on any atom is 0.168 e. The van der Waals surface area contributed by atoms with Gasteiger partial charge < -0.3 is 18.6 Å². The second kappa shape index (κ2) is 4.45. The van der Waals surface area contributed by atoms with Crippen LogP contribution in [0.3, 0.4) is 0 Å². The van der Waals surface area contributed by atoms with Crippen molar-refractivity contribution in [2.24, 2.45) is 4.99 Å². The molecule has 1 aliphatic rings. The Bertz CT molecular complexity index is 696. The Morgan fingerprint density at radius 3 is 2.20 bits per heavy atom. The minimum absolute atomic E-state index is 0.101. The van der Waals surface area contributed by atoms with Gasteiger partial charge in [0, 0.05) is 0 Å². The molecule has 4 heterocycles. The third-order valence-electron chi connectivity index (χ3n) is 3.32. The molecule has 4 rings (SSSR count). The van der Waals surface area contributed by atoms with Crippen molar-refractivity contribution in [3.8, 4) is 0 Å². The zero-order chi connectivity index (χ0) is 13.4. The highest BCUT2D eigenvalue weighted by atomic mass is 16.3. The molecule has 0 aromatic carbocycles. The van der Waals surface area contributed by atoms with Crippen LogP contribution < -0.4 is 5.32 Å². The summed E-state index contributed by atoms with van der Waals surface area (Å²) < 4.78 is 16.4. The largest absolute Gasteiger partial charge is 0.467 e. The minimum Gasteiger partial charge on any atom is -0.467 e. The van der Waals surface area contributed by atoms with Crippen LogP contribution in [0, 0.1) is 0 Å². The molecule has 3 aromatic heterocycles. The standard InChI is InChI=1S/C15H12N2O3/c1-4-10(18-7-1)13-14(11-5-2-8-19-11)17-15(16-13)12-6-3-9-20-12/h1-9,13-14H,(H,16,17)/t13-,14-/m1/s1. The van der Waals surface area contributed by atoms with Gasteiger partial charge in [0.15, 0.2) is 11.6 Å². The monoisotopic (exact) mass is 268 g/mol. The van der Waals surface area contributed by atoms with Gasteiger partial charge in [-0.25, -0.2) is 0 Å². The Morgan fingerprint density at radius 2 is 1.55 bits per heavy atom. The van der Waals surface area contributed by atoms with Crippen LogP contribution in [-0.4, -0.2) is 5.84 Å². The van der Waals surface area contributed by atoms with Gasteiger partial charge in [0.05, 0.1) is 18.8 Å². The van der Waals surface area contributed by atoms with E-state index in [0.29, 0.717) is 11.6 Å². The van der Waals surface area contributed by atoms with Gasteiger partial charge in [0.25, 0.3) is 0 Å². The van der Waals surface area contributed by atoms with Crippen molar-refractivity contribution in [1.29, 1.82) is 0 Å². The Hall–Kier alpha value is -2.69. The van der Waals surface area contributed by atoms with Crippen LogP contribution in [0.25, 0.3) is 0 Å². The van der Waals surface area contributed by atoms with Crippen molar-refractivity contribution >= 4 is 5.84 Å². The fraction of sp³-hybridized carbons (Fsp3) is 0.133. The summed E-state index contributed by atoms with van der Waals surface area (Å²) in [7, 11) is 0. The average molecular weight is 268 g/mol. The van der Waals surface area contributed by atoms with Crippen molar-refractivity contribution in [1.82, 2.24) is 5.32 Å². The Kier molecular flexibility index (Phi) is 2.48. The van der Waals surface area contributed by atoms with Crippen LogP contribution in [0.5, 0.6) is 0 Å². The predicted molar refractivity (Wildman–Crippen MR) is 71.3 cm³/mol. The first-order chi connectivity index (χ1) is 9.92. The fourth-order valence-corrected chi connectivity index (χ4v) is 2.41. The molecule has 2 atom stereocenters. The number of aliphatic imine (C=N–C) groups is 1. The number of amidine groups is 1. The molecule has 0 unspecified atom stereocenters. The van der Waals surface area contributed by atoms with Crippen LogP contribution in [0.4, 0.5) is 0 Å². The van der Waals surface area contributed by atoms with Crippen molar-refractivity contribution in [3.63, 3.8) is 0 Å². The lowest BCUT2D eigenvalue weighted by Crippen LogP contribution is -2.24. The lowest BCUT2D eigenvalue weighted by Gasteiger charge is -2.14. The minimum atomic E-state index is -0.170. The van der Waals surface area contributed by atoms with Crippen molar-refractivity contribution < 1.29 is 13.3 Å². The molecule has 20 heavy (non-hydrogen) atoms. The molecular formula is C15H12N2O3. The normalized spacial score (nSPS) is 21.7. The lowest BCUT2D eigenvalue weighted by molar-refractivity contribution is 0.381. The van der Waals surface area contributed by atoms with E-state index in [9.17, 15) is 0 Å². The average Bonchev–Trinajstić information content (AvgIpc) is 3.22. The second-order valence-electron chi connectivity index (χ2n) is 4.55. The number of hydrogen-bond donors (Lipinski definition) is 1. The highest BCUT2D eigenvalue weighted by molar-refractivity contribution is 5.98. The van der Waals surface area contributed by atoms with Crippen LogP contribution in [-0.2, 0) is 0 Å². The summed E-state index contributed by atoms with van der Waals surface area (Å²) in [6, 6.07) is 11.0. The van der Waals surface area contributed by atoms with Gasteiger partial charge >= 0.3 is 0 Å². The number of furan rings is 3. The van der Waals surface area contributed by atoms with Crippen molar-refractivity contribution in [2.75, 3.05) is 0 Å². The molecule has 0 fully saturated rings. The Labute approximate surface area is 114 Å². The first-order valence-corrected chi connectivity index (χ1v) is 6.37. The molecule has 3 aromatic rings. The first-order valence-electron chi connectivity index (χ1n) is 6.37. The highest BCUT2D eigenvalue weighted by Crippen LogP contribution is 2.37. The zero-order valence-electron chi connectivity index (χ0n) is 10.5. The summed E-state index contributed by atoms with van der Waals surface area (Å²) in [6.07, 6.45) is 4.93. The molecule has 0 spiro atoms. The molecule has 0 bridgehead atoms. The van der Waals surface area contributed by atoms with Gasteiger partial charge in [0.2, 0.25) is 0 Å². The van der Waals surface area contributed by atoms with Gasteiger partial charge in [0.1, 0.15) is 23.6 Å². The quantitative estimate of drug-likeness (QED) is 0.791. The molecule has 0 saturated carbocycles. The summed E-state index contributed by atoms with van der Waals surface area (Å²) in [6.45, 7) is 0. The van der Waals surface area contributed by atoms with Gasteiger partial charge in [-0.05, 0) is 36.4 Å². The maximum absolute atomic E-state index is 5.50. The van der Waals surface area contributed by atoms with E-state index in [0.717, 1.165) is 11.5 Å². The summed E-state index contributed by atoms with van der Waals surface area (Å²) in [5, 5.41) is 3.34. The van der Waals surface area contributed by atoms with Crippen LogP contribution in [0.2, 0.25) is 0 Å². The van der Waals surface area contributed by atoms with Crippen LogP contribution in [0.15, 0.2) is 73.4 Å². The van der Waals surface area contributed by atoms with Gasteiger partial charge in [-0.15, -0.1) is 0 Å². The molecular weight excluding hydrogens is 256 g/mol. The van der Waals surface area contributed by atoms with Gasteiger partial charge in [-0.1, -0.05) is 0 Å². The molecule has 100 valence electrons. The zero-order valence-corrected chi connectivity index (χ0v) is 10.5. The SMILES string of the molecule is c1coc(C2=N[C@H](c3ccco3)[C@@H](c3ccco3)N2)c1. The van der Waals surface area contributed by atoms with Crippen molar-refractivity contribution in [2.45, 2.75) is 12.1 Å². The fourth-order valence-electron chi connectivity index (χ4n) is 2.41. The maximum atomic E-state index is 5.50. The van der Waals surface area contributed by atoms with E-state index in [1.54, 1.807) is 18.8 Å². The van der Waals surface area contributed by atoms with E-state index in [4.69, 9.17) is 13.3 Å². The van der Waals surface area contributed by atoms with E-state index in [-0.39, 0.29) is 12.1 Å². The van der Waals surface area contributed by atoms with Gasteiger partial charge in [-0.2, -0.15) is 0 Å². The third-order valence-corrected chi connectivity index (χ3v) is 3.32. The second-order valence-corrected chi connectivity index (χ2v) is 4.55. The topological polar surface area (TPSA) is 63.8 Å². The molecule has 1 N–H and O–H groups in total. The molecule has 0 saturated heterocycles. The Morgan fingerprint density at radius 1 is 0.850 bits per heavy atom. The van der Waals surface area contributed by atoms with E-state index in [2.05, 4.69) is 10.3 Å². The number of nitrogens with one attached hydrogen (secondary N) is 1. The third kappa shape index (κ3) is 1.75. The summed E-state index contributed by atoms with van der Waals surface area (Å²) in [5.41, 5.74) is 0. The van der Waals surface area contributed by atoms with E-state index >= 15 is 0 Å². The number of nitrogens with zero attached hydrogens (tertiary/aromatic N) is 1. The first kappa shape index (κ1) is 11.2. The molecule has 1 aliphatic heterocycles. The molecule has 0 amide bonds. The highest BCUT2D eigenvalue weighted by Gasteiger charge is 2.36. The smallest absolute Gasteiger partial charge is 0.168 e. The van der Waals surface area contributed by atoms with E-state index in [1.807, 2.05) is 36.4 Å². The lowest BCUT2D eigenvalue weighted by atomic mass is 10.1.